The molecule has 1 fully saturated rings. The first-order valence-corrected chi connectivity index (χ1v) is 7.70. The Morgan fingerprint density at radius 1 is 1.30 bits per heavy atom. The van der Waals surface area contributed by atoms with Gasteiger partial charge < -0.3 is 4.90 Å². The van der Waals surface area contributed by atoms with E-state index in [1.54, 1.807) is 0 Å². The van der Waals surface area contributed by atoms with Gasteiger partial charge in [-0.05, 0) is 57.3 Å². The Morgan fingerprint density at radius 2 is 1.95 bits per heavy atom. The number of likely N-dealkylation sites (tertiary alicyclic amines) is 1. The predicted molar refractivity (Wildman–Crippen MR) is 84.0 cm³/mol. The lowest BCUT2D eigenvalue weighted by Gasteiger charge is -2.32. The van der Waals surface area contributed by atoms with Crippen molar-refractivity contribution in [2.45, 2.75) is 33.6 Å². The summed E-state index contributed by atoms with van der Waals surface area (Å²) in [5.41, 5.74) is 2.21. The topological polar surface area (TPSA) is 23.6 Å². The maximum absolute atomic E-state index is 12.6. The number of carbonyl (C=O) groups excluding carboxylic acids is 1. The first kappa shape index (κ1) is 15.0. The molecule has 0 aliphatic carbocycles. The lowest BCUT2D eigenvalue weighted by molar-refractivity contribution is -0.120. The van der Waals surface area contributed by atoms with Gasteiger partial charge in [-0.1, -0.05) is 25.1 Å². The first-order chi connectivity index (χ1) is 9.61. The smallest absolute Gasteiger partial charge is 0.241 e. The van der Waals surface area contributed by atoms with Crippen LogP contribution in [-0.2, 0) is 4.79 Å². The van der Waals surface area contributed by atoms with Crippen LogP contribution in [0.25, 0.3) is 0 Å². The summed E-state index contributed by atoms with van der Waals surface area (Å²) in [6.45, 7) is 9.79. The number of benzene rings is 1. The Labute approximate surface area is 122 Å². The standard InChI is InChI=1S/C17H26N2O/c1-4-19(16-8-6-5-7-15(16)3)17(20)13-18-11-9-14(2)10-12-18/h5-8,14H,4,9-13H2,1-3H3. The van der Waals surface area contributed by atoms with E-state index in [1.807, 2.05) is 30.0 Å². The molecular formula is C17H26N2O. The molecule has 1 heterocycles. The third-order valence-electron chi connectivity index (χ3n) is 4.26. The lowest BCUT2D eigenvalue weighted by Crippen LogP contribution is -2.43. The van der Waals surface area contributed by atoms with Gasteiger partial charge >= 0.3 is 0 Å². The van der Waals surface area contributed by atoms with E-state index in [9.17, 15) is 4.79 Å². The van der Waals surface area contributed by atoms with Gasteiger partial charge in [-0.3, -0.25) is 9.69 Å². The molecule has 0 N–H and O–H groups in total. The summed E-state index contributed by atoms with van der Waals surface area (Å²) in [5, 5.41) is 0. The number of nitrogens with zero attached hydrogens (tertiary/aromatic N) is 2. The minimum absolute atomic E-state index is 0.219. The molecular weight excluding hydrogens is 248 g/mol. The molecule has 1 saturated heterocycles. The molecule has 1 aliphatic heterocycles. The fraction of sp³-hybridized carbons (Fsp3) is 0.588. The van der Waals surface area contributed by atoms with Crippen molar-refractivity contribution in [1.82, 2.24) is 4.90 Å². The lowest BCUT2D eigenvalue weighted by atomic mass is 9.99. The van der Waals surface area contributed by atoms with Crippen molar-refractivity contribution in [2.24, 2.45) is 5.92 Å². The fourth-order valence-corrected chi connectivity index (χ4v) is 2.84. The van der Waals surface area contributed by atoms with Gasteiger partial charge in [-0.15, -0.1) is 0 Å². The van der Waals surface area contributed by atoms with E-state index in [2.05, 4.69) is 24.8 Å². The molecule has 1 amide bonds. The summed E-state index contributed by atoms with van der Waals surface area (Å²) < 4.78 is 0. The SMILES string of the molecule is CCN(C(=O)CN1CCC(C)CC1)c1ccccc1C. The van der Waals surface area contributed by atoms with E-state index in [0.717, 1.165) is 36.8 Å². The summed E-state index contributed by atoms with van der Waals surface area (Å²) in [6.07, 6.45) is 2.42. The molecule has 3 heteroatoms. The van der Waals surface area contributed by atoms with Gasteiger partial charge in [-0.25, -0.2) is 0 Å². The van der Waals surface area contributed by atoms with Gasteiger partial charge in [0.2, 0.25) is 5.91 Å². The van der Waals surface area contributed by atoms with Gasteiger partial charge in [0.15, 0.2) is 0 Å². The normalized spacial score (nSPS) is 17.1. The third-order valence-corrected chi connectivity index (χ3v) is 4.26. The van der Waals surface area contributed by atoms with Crippen LogP contribution < -0.4 is 4.90 Å². The Kier molecular flexibility index (Phi) is 5.18. The highest BCUT2D eigenvalue weighted by molar-refractivity contribution is 5.95. The zero-order valence-corrected chi connectivity index (χ0v) is 12.9. The molecule has 2 rings (SSSR count). The number of carbonyl (C=O) groups is 1. The van der Waals surface area contributed by atoms with E-state index < -0.39 is 0 Å². The highest BCUT2D eigenvalue weighted by atomic mass is 16.2. The van der Waals surface area contributed by atoms with Gasteiger partial charge in [0.05, 0.1) is 6.54 Å². The molecule has 3 nitrogen and oxygen atoms in total. The van der Waals surface area contributed by atoms with Crippen LogP contribution in [0.1, 0.15) is 32.3 Å². The van der Waals surface area contributed by atoms with E-state index in [1.165, 1.54) is 12.8 Å². The third kappa shape index (κ3) is 3.60. The van der Waals surface area contributed by atoms with E-state index in [4.69, 9.17) is 0 Å². The monoisotopic (exact) mass is 274 g/mol. The summed E-state index contributed by atoms with van der Waals surface area (Å²) in [6, 6.07) is 8.12. The first-order valence-electron chi connectivity index (χ1n) is 7.70. The van der Waals surface area contributed by atoms with Crippen molar-refractivity contribution < 1.29 is 4.79 Å². The average molecular weight is 274 g/mol. The number of hydrogen-bond acceptors (Lipinski definition) is 2. The maximum atomic E-state index is 12.6. The molecule has 0 radical (unpaired) electrons. The molecule has 0 spiro atoms. The van der Waals surface area contributed by atoms with Crippen LogP contribution in [0.15, 0.2) is 24.3 Å². The van der Waals surface area contributed by atoms with Gasteiger partial charge in [0.1, 0.15) is 0 Å². The number of anilines is 1. The minimum Gasteiger partial charge on any atom is -0.311 e. The molecule has 110 valence electrons. The van der Waals surface area contributed by atoms with E-state index in [0.29, 0.717) is 6.54 Å². The van der Waals surface area contributed by atoms with Crippen LogP contribution in [0.3, 0.4) is 0 Å². The molecule has 0 saturated carbocycles. The highest BCUT2D eigenvalue weighted by Gasteiger charge is 2.21. The van der Waals surface area contributed by atoms with Crippen molar-refractivity contribution in [3.8, 4) is 0 Å². The molecule has 0 aromatic heterocycles. The number of amides is 1. The van der Waals surface area contributed by atoms with Crippen LogP contribution in [0.4, 0.5) is 5.69 Å². The van der Waals surface area contributed by atoms with Crippen molar-refractivity contribution in [1.29, 1.82) is 0 Å². The molecule has 0 atom stereocenters. The van der Waals surface area contributed by atoms with Crippen molar-refractivity contribution in [3.05, 3.63) is 29.8 Å². The molecule has 1 aromatic rings. The summed E-state index contributed by atoms with van der Waals surface area (Å²) in [4.78, 5) is 16.8. The minimum atomic E-state index is 0.219. The number of rotatable bonds is 4. The highest BCUT2D eigenvalue weighted by Crippen LogP contribution is 2.20. The van der Waals surface area contributed by atoms with Crippen molar-refractivity contribution in [2.75, 3.05) is 31.1 Å². The largest absolute Gasteiger partial charge is 0.311 e. The number of para-hydroxylation sites is 1. The molecule has 20 heavy (non-hydrogen) atoms. The van der Waals surface area contributed by atoms with Crippen LogP contribution >= 0.6 is 0 Å². The molecule has 1 aliphatic rings. The number of piperidine rings is 1. The van der Waals surface area contributed by atoms with Crippen LogP contribution in [0, 0.1) is 12.8 Å². The molecule has 1 aromatic carbocycles. The number of likely N-dealkylation sites (N-methyl/N-ethyl adjacent to an activating group) is 1. The van der Waals surface area contributed by atoms with Crippen molar-refractivity contribution in [3.63, 3.8) is 0 Å². The van der Waals surface area contributed by atoms with Crippen LogP contribution in [0.5, 0.6) is 0 Å². The maximum Gasteiger partial charge on any atom is 0.241 e. The predicted octanol–water partition coefficient (Wildman–Crippen LogP) is 3.08. The zero-order chi connectivity index (χ0) is 14.5. The Morgan fingerprint density at radius 3 is 2.55 bits per heavy atom. The Balaban J connectivity index is 2.01. The van der Waals surface area contributed by atoms with Crippen LogP contribution in [0.2, 0.25) is 0 Å². The van der Waals surface area contributed by atoms with Gasteiger partial charge in [-0.2, -0.15) is 0 Å². The summed E-state index contributed by atoms with van der Waals surface area (Å²) >= 11 is 0. The average Bonchev–Trinajstić information content (AvgIpc) is 2.44. The molecule has 0 bridgehead atoms. The van der Waals surface area contributed by atoms with Gasteiger partial charge in [0.25, 0.3) is 0 Å². The van der Waals surface area contributed by atoms with Crippen molar-refractivity contribution >= 4 is 11.6 Å². The molecule has 0 unspecified atom stereocenters. The number of hydrogen-bond donors (Lipinski definition) is 0. The fourth-order valence-electron chi connectivity index (χ4n) is 2.84. The van der Waals surface area contributed by atoms with E-state index in [-0.39, 0.29) is 5.91 Å². The second-order valence-electron chi connectivity index (χ2n) is 5.88. The quantitative estimate of drug-likeness (QED) is 0.842. The zero-order valence-electron chi connectivity index (χ0n) is 12.9. The summed E-state index contributed by atoms with van der Waals surface area (Å²) in [7, 11) is 0. The second kappa shape index (κ2) is 6.89. The summed E-state index contributed by atoms with van der Waals surface area (Å²) in [5.74, 6) is 1.02. The second-order valence-corrected chi connectivity index (χ2v) is 5.88. The number of aryl methyl sites for hydroxylation is 1. The Bertz CT molecular complexity index is 450. The Hall–Kier alpha value is -1.35. The van der Waals surface area contributed by atoms with E-state index >= 15 is 0 Å². The van der Waals surface area contributed by atoms with Gasteiger partial charge in [0, 0.05) is 12.2 Å². The van der Waals surface area contributed by atoms with Crippen LogP contribution in [-0.4, -0.2) is 37.0 Å².